The molecule has 0 spiro atoms. The fourth-order valence-corrected chi connectivity index (χ4v) is 2.08. The molecule has 6 heteroatoms. The minimum absolute atomic E-state index is 0.342. The van der Waals surface area contributed by atoms with E-state index in [2.05, 4.69) is 35.4 Å². The van der Waals surface area contributed by atoms with Gasteiger partial charge in [-0.2, -0.15) is 0 Å². The van der Waals surface area contributed by atoms with Gasteiger partial charge in [-0.1, -0.05) is 13.3 Å². The Balaban J connectivity index is 2.61. The number of imidazole rings is 1. The molecule has 0 aliphatic carbocycles. The fraction of sp³-hybridized carbons (Fsp3) is 0.727. The smallest absolute Gasteiger partial charge is 0.327 e. The zero-order valence-corrected chi connectivity index (χ0v) is 11.4. The van der Waals surface area contributed by atoms with Crippen LogP contribution in [0.4, 0.5) is 0 Å². The van der Waals surface area contributed by atoms with E-state index < -0.39 is 8.60 Å². The molecule has 1 rings (SSSR count). The minimum atomic E-state index is -2.24. The number of nitrogens with zero attached hydrogens (tertiary/aromatic N) is 2. The first-order valence-corrected chi connectivity index (χ1v) is 7.23. The van der Waals surface area contributed by atoms with Crippen molar-refractivity contribution >= 4 is 8.60 Å². The first-order chi connectivity index (χ1) is 8.19. The summed E-state index contributed by atoms with van der Waals surface area (Å²) in [6.45, 7) is 6.53. The summed E-state index contributed by atoms with van der Waals surface area (Å²) < 4.78 is 9.20. The van der Waals surface area contributed by atoms with Crippen LogP contribution in [0.25, 0.3) is 0 Å². The van der Waals surface area contributed by atoms with Crippen molar-refractivity contribution in [1.29, 1.82) is 0 Å². The van der Waals surface area contributed by atoms with Gasteiger partial charge in [0.2, 0.25) is 0 Å². The molecule has 2 N–H and O–H groups in total. The van der Waals surface area contributed by atoms with Crippen LogP contribution in [0.1, 0.15) is 32.5 Å². The van der Waals surface area contributed by atoms with Crippen LogP contribution in [0.2, 0.25) is 0 Å². The van der Waals surface area contributed by atoms with Crippen LogP contribution in [0.15, 0.2) is 12.4 Å². The van der Waals surface area contributed by atoms with Gasteiger partial charge in [-0.3, -0.25) is 0 Å². The number of rotatable bonds is 8. The summed E-state index contributed by atoms with van der Waals surface area (Å²) in [4.78, 5) is 17.4. The first kappa shape index (κ1) is 14.6. The average molecular weight is 261 g/mol. The highest BCUT2D eigenvalue weighted by Gasteiger charge is 2.16. The van der Waals surface area contributed by atoms with Gasteiger partial charge >= 0.3 is 8.60 Å². The summed E-state index contributed by atoms with van der Waals surface area (Å²) in [5.74, 6) is 1.18. The molecule has 0 amide bonds. The van der Waals surface area contributed by atoms with Gasteiger partial charge in [-0.25, -0.2) is 9.13 Å². The van der Waals surface area contributed by atoms with E-state index in [0.29, 0.717) is 13.0 Å². The molecular formula is C11H22N2O3P+. The maximum Gasteiger partial charge on any atom is 0.327 e. The molecule has 0 bridgehead atoms. The highest BCUT2D eigenvalue weighted by Crippen LogP contribution is 2.23. The fourth-order valence-electron chi connectivity index (χ4n) is 1.82. The summed E-state index contributed by atoms with van der Waals surface area (Å²) in [7, 11) is -2.24. The number of aromatic nitrogens is 2. The van der Waals surface area contributed by atoms with E-state index in [4.69, 9.17) is 14.3 Å². The van der Waals surface area contributed by atoms with E-state index in [1.807, 2.05) is 0 Å². The molecule has 0 radical (unpaired) electrons. The summed E-state index contributed by atoms with van der Waals surface area (Å²) in [6, 6.07) is 0. The van der Waals surface area contributed by atoms with E-state index in [1.54, 1.807) is 0 Å². The standard InChI is InChI=1S/C11H22N2O3P/c1-3-5-7-13-9-8-12(4-2)11(13)6-10-16-17(14)15/h8-9,14-15H,3-7,10H2,1-2H3/q+1. The Hall–Kier alpha value is -0.480. The third-order valence-corrected chi connectivity index (χ3v) is 3.13. The molecule has 0 aromatic carbocycles. The molecule has 1 aromatic rings. The van der Waals surface area contributed by atoms with Gasteiger partial charge in [-0.05, 0) is 13.3 Å². The van der Waals surface area contributed by atoms with Crippen LogP contribution in [-0.4, -0.2) is 21.0 Å². The highest BCUT2D eigenvalue weighted by molar-refractivity contribution is 7.39. The largest absolute Gasteiger partial charge is 0.328 e. The van der Waals surface area contributed by atoms with Crippen LogP contribution in [0.3, 0.4) is 0 Å². The Kier molecular flexibility index (Phi) is 6.66. The second-order valence-corrected chi connectivity index (χ2v) is 4.65. The van der Waals surface area contributed by atoms with E-state index in [1.165, 1.54) is 12.2 Å². The predicted molar refractivity (Wildman–Crippen MR) is 66.2 cm³/mol. The highest BCUT2D eigenvalue weighted by atomic mass is 31.2. The molecule has 0 saturated heterocycles. The van der Waals surface area contributed by atoms with Crippen molar-refractivity contribution in [3.05, 3.63) is 18.2 Å². The van der Waals surface area contributed by atoms with Gasteiger partial charge in [0.05, 0.1) is 26.1 Å². The van der Waals surface area contributed by atoms with Crippen molar-refractivity contribution in [2.75, 3.05) is 6.61 Å². The molecule has 0 unspecified atom stereocenters. The lowest BCUT2D eigenvalue weighted by molar-refractivity contribution is -0.704. The average Bonchev–Trinajstić information content (AvgIpc) is 2.68. The molecule has 1 heterocycles. The van der Waals surface area contributed by atoms with E-state index >= 15 is 0 Å². The zero-order valence-electron chi connectivity index (χ0n) is 10.5. The molecule has 0 saturated carbocycles. The molecule has 0 aliphatic heterocycles. The molecule has 17 heavy (non-hydrogen) atoms. The Morgan fingerprint density at radius 1 is 1.41 bits per heavy atom. The summed E-state index contributed by atoms with van der Waals surface area (Å²) in [5.41, 5.74) is 0. The van der Waals surface area contributed by atoms with Gasteiger partial charge in [0.15, 0.2) is 0 Å². The van der Waals surface area contributed by atoms with Crippen LogP contribution in [-0.2, 0) is 24.0 Å². The lowest BCUT2D eigenvalue weighted by Gasteiger charge is -2.05. The molecule has 5 nitrogen and oxygen atoms in total. The van der Waals surface area contributed by atoms with Crippen LogP contribution in [0.5, 0.6) is 0 Å². The predicted octanol–water partition coefficient (Wildman–Crippen LogP) is 1.37. The Morgan fingerprint density at radius 3 is 2.76 bits per heavy atom. The van der Waals surface area contributed by atoms with Gasteiger partial charge in [0.1, 0.15) is 12.4 Å². The monoisotopic (exact) mass is 261 g/mol. The van der Waals surface area contributed by atoms with Crippen molar-refractivity contribution in [2.45, 2.75) is 46.2 Å². The zero-order chi connectivity index (χ0) is 12.7. The van der Waals surface area contributed by atoms with Gasteiger partial charge in [-0.15, -0.1) is 0 Å². The van der Waals surface area contributed by atoms with E-state index in [-0.39, 0.29) is 0 Å². The van der Waals surface area contributed by atoms with Crippen LogP contribution >= 0.6 is 8.60 Å². The lowest BCUT2D eigenvalue weighted by Crippen LogP contribution is -2.37. The maximum absolute atomic E-state index is 8.70. The second kappa shape index (κ2) is 7.77. The third-order valence-electron chi connectivity index (χ3n) is 2.72. The van der Waals surface area contributed by atoms with Crippen molar-refractivity contribution in [3.63, 3.8) is 0 Å². The second-order valence-electron chi connectivity index (χ2n) is 3.88. The number of unbranched alkanes of at least 4 members (excludes halogenated alkanes) is 1. The Morgan fingerprint density at radius 2 is 2.18 bits per heavy atom. The van der Waals surface area contributed by atoms with Crippen molar-refractivity contribution in [3.8, 4) is 0 Å². The van der Waals surface area contributed by atoms with Crippen molar-refractivity contribution in [1.82, 2.24) is 4.57 Å². The maximum atomic E-state index is 8.70. The normalized spacial score (nSPS) is 11.4. The summed E-state index contributed by atoms with van der Waals surface area (Å²) >= 11 is 0. The Labute approximate surface area is 104 Å². The lowest BCUT2D eigenvalue weighted by atomic mass is 10.3. The summed E-state index contributed by atoms with van der Waals surface area (Å²) in [6.07, 6.45) is 7.16. The molecule has 0 atom stereocenters. The molecule has 0 fully saturated rings. The molecule has 1 aromatic heterocycles. The summed E-state index contributed by atoms with van der Waals surface area (Å²) in [5, 5.41) is 0. The number of hydrogen-bond donors (Lipinski definition) is 2. The number of aryl methyl sites for hydroxylation is 2. The number of hydrogen-bond acceptors (Lipinski definition) is 3. The SMILES string of the molecule is CCCC[n+]1ccn(CC)c1CCOP(O)O. The van der Waals surface area contributed by atoms with Crippen LogP contribution < -0.4 is 4.57 Å². The minimum Gasteiger partial charge on any atom is -0.328 e. The van der Waals surface area contributed by atoms with Crippen LogP contribution in [0, 0.1) is 0 Å². The van der Waals surface area contributed by atoms with Crippen molar-refractivity contribution < 1.29 is 18.9 Å². The Bertz CT molecular complexity index is 329. The topological polar surface area (TPSA) is 58.5 Å². The van der Waals surface area contributed by atoms with Crippen molar-refractivity contribution in [2.24, 2.45) is 0 Å². The van der Waals surface area contributed by atoms with E-state index in [9.17, 15) is 0 Å². The third kappa shape index (κ3) is 4.72. The van der Waals surface area contributed by atoms with Gasteiger partial charge < -0.3 is 14.3 Å². The molecular weight excluding hydrogens is 239 g/mol. The molecule has 98 valence electrons. The quantitative estimate of drug-likeness (QED) is 0.549. The van der Waals surface area contributed by atoms with Gasteiger partial charge in [0, 0.05) is 0 Å². The molecule has 0 aliphatic rings. The van der Waals surface area contributed by atoms with Gasteiger partial charge in [0.25, 0.3) is 5.82 Å². The first-order valence-electron chi connectivity index (χ1n) is 6.07. The van der Waals surface area contributed by atoms with E-state index in [0.717, 1.165) is 19.5 Å².